The Morgan fingerprint density at radius 3 is 2.47 bits per heavy atom. The maximum Gasteiger partial charge on any atom is 0.150 e. The molecule has 2 N–H and O–H groups in total. The minimum absolute atomic E-state index is 0.420. The second kappa shape index (κ2) is 9.85. The van der Waals surface area contributed by atoms with Gasteiger partial charge in [-0.25, -0.2) is 9.97 Å². The molecule has 0 amide bonds. The van der Waals surface area contributed by atoms with E-state index in [-0.39, 0.29) is 0 Å². The van der Waals surface area contributed by atoms with Gasteiger partial charge in [-0.15, -0.1) is 11.6 Å². The third-order valence-electron chi connectivity index (χ3n) is 5.45. The molecule has 5 aromatic rings. The molecule has 0 aliphatic heterocycles. The number of rotatable bonds is 8. The van der Waals surface area contributed by atoms with E-state index in [0.717, 1.165) is 39.3 Å². The highest BCUT2D eigenvalue weighted by molar-refractivity contribution is 6.18. The van der Waals surface area contributed by atoms with Gasteiger partial charge in [-0.3, -0.25) is 0 Å². The van der Waals surface area contributed by atoms with Crippen LogP contribution in [0.4, 0.5) is 5.82 Å². The molecule has 170 valence electrons. The molecule has 0 saturated heterocycles. The van der Waals surface area contributed by atoms with Crippen molar-refractivity contribution in [3.05, 3.63) is 97.0 Å². The van der Waals surface area contributed by atoms with Crippen LogP contribution in [-0.4, -0.2) is 27.0 Å². The van der Waals surface area contributed by atoms with Gasteiger partial charge in [-0.1, -0.05) is 48.5 Å². The summed E-state index contributed by atoms with van der Waals surface area (Å²) in [5.41, 5.74) is 10.9. The number of benzene rings is 3. The van der Waals surface area contributed by atoms with Crippen LogP contribution in [0.15, 0.2) is 91.4 Å². The van der Waals surface area contributed by atoms with Gasteiger partial charge < -0.3 is 19.8 Å². The van der Waals surface area contributed by atoms with E-state index in [0.29, 0.717) is 30.6 Å². The number of hydrogen-bond acceptors (Lipinski definition) is 5. The monoisotopic (exact) mass is 470 g/mol. The van der Waals surface area contributed by atoms with Crippen molar-refractivity contribution in [1.29, 1.82) is 0 Å². The Balaban J connectivity index is 1.54. The molecular formula is C27H23ClN4O2. The Morgan fingerprint density at radius 2 is 1.65 bits per heavy atom. The molecule has 0 radical (unpaired) electrons. The summed E-state index contributed by atoms with van der Waals surface area (Å²) in [5, 5.41) is 0.787. The largest absolute Gasteiger partial charge is 0.492 e. The standard InChI is InChI=1S/C27H23ClN4O2/c28-12-13-33-23-11-5-9-21(15-23)32-16-24(25-26(29)30-18-31-27(25)32)20-8-4-10-22(14-20)34-17-19-6-2-1-3-7-19/h1-11,14-16,18H,12-13,17H2,(H2,29,30,31). The first-order valence-corrected chi connectivity index (χ1v) is 11.4. The minimum Gasteiger partial charge on any atom is -0.492 e. The molecule has 0 saturated carbocycles. The van der Waals surface area contributed by atoms with E-state index < -0.39 is 0 Å². The summed E-state index contributed by atoms with van der Waals surface area (Å²) in [5.74, 6) is 2.35. The Labute approximate surface area is 202 Å². The summed E-state index contributed by atoms with van der Waals surface area (Å²) in [6.07, 6.45) is 3.50. The van der Waals surface area contributed by atoms with E-state index in [9.17, 15) is 0 Å². The molecule has 0 bridgehead atoms. The van der Waals surface area contributed by atoms with Crippen LogP contribution in [-0.2, 0) is 6.61 Å². The number of alkyl halides is 1. The zero-order chi connectivity index (χ0) is 23.3. The SMILES string of the molecule is Nc1ncnc2c1c(-c1cccc(OCc3ccccc3)c1)cn2-c1cccc(OCCCl)c1. The molecule has 5 rings (SSSR count). The average Bonchev–Trinajstić information content (AvgIpc) is 3.28. The normalized spacial score (nSPS) is 11.0. The lowest BCUT2D eigenvalue weighted by Crippen LogP contribution is -2.00. The van der Waals surface area contributed by atoms with Crippen molar-refractivity contribution >= 4 is 28.5 Å². The third-order valence-corrected chi connectivity index (χ3v) is 5.60. The Kier molecular flexibility index (Phi) is 6.31. The number of fused-ring (bicyclic) bond motifs is 1. The highest BCUT2D eigenvalue weighted by Crippen LogP contribution is 2.36. The Morgan fingerprint density at radius 1 is 0.853 bits per heavy atom. The maximum atomic E-state index is 6.32. The molecule has 34 heavy (non-hydrogen) atoms. The van der Waals surface area contributed by atoms with Crippen molar-refractivity contribution in [2.75, 3.05) is 18.2 Å². The van der Waals surface area contributed by atoms with Gasteiger partial charge in [0.2, 0.25) is 0 Å². The molecule has 0 atom stereocenters. The van der Waals surface area contributed by atoms with Crippen LogP contribution in [0.5, 0.6) is 11.5 Å². The van der Waals surface area contributed by atoms with Crippen LogP contribution in [0.2, 0.25) is 0 Å². The zero-order valence-electron chi connectivity index (χ0n) is 18.4. The van der Waals surface area contributed by atoms with Crippen molar-refractivity contribution in [3.8, 4) is 28.3 Å². The summed E-state index contributed by atoms with van der Waals surface area (Å²) in [6, 6.07) is 25.8. The third kappa shape index (κ3) is 4.54. The first-order valence-electron chi connectivity index (χ1n) is 10.9. The second-order valence-electron chi connectivity index (χ2n) is 7.71. The minimum atomic E-state index is 0.420. The van der Waals surface area contributed by atoms with Crippen LogP contribution in [0.1, 0.15) is 5.56 Å². The van der Waals surface area contributed by atoms with Gasteiger partial charge in [0.15, 0.2) is 5.65 Å². The number of halogens is 1. The van der Waals surface area contributed by atoms with Gasteiger partial charge >= 0.3 is 0 Å². The molecule has 2 aromatic heterocycles. The van der Waals surface area contributed by atoms with Crippen LogP contribution >= 0.6 is 11.6 Å². The molecule has 6 nitrogen and oxygen atoms in total. The summed E-state index contributed by atoms with van der Waals surface area (Å²) < 4.78 is 13.7. The smallest absolute Gasteiger partial charge is 0.150 e. The fraction of sp³-hybridized carbons (Fsp3) is 0.111. The summed E-state index contributed by atoms with van der Waals surface area (Å²) >= 11 is 5.77. The van der Waals surface area contributed by atoms with Gasteiger partial charge in [0.05, 0.1) is 17.0 Å². The van der Waals surface area contributed by atoms with Gasteiger partial charge in [-0.05, 0) is 35.4 Å². The molecule has 0 unspecified atom stereocenters. The van der Waals surface area contributed by atoms with Gasteiger partial charge in [0.25, 0.3) is 0 Å². The molecule has 0 spiro atoms. The maximum absolute atomic E-state index is 6.32. The highest BCUT2D eigenvalue weighted by Gasteiger charge is 2.17. The van der Waals surface area contributed by atoms with Crippen LogP contribution in [0.25, 0.3) is 27.8 Å². The number of hydrogen-bond donors (Lipinski definition) is 1. The van der Waals surface area contributed by atoms with E-state index in [1.807, 2.05) is 89.6 Å². The predicted octanol–water partition coefficient (Wildman–Crippen LogP) is 5.87. The summed E-state index contributed by atoms with van der Waals surface area (Å²) in [4.78, 5) is 8.77. The number of nitrogens with zero attached hydrogens (tertiary/aromatic N) is 3. The van der Waals surface area contributed by atoms with Crippen molar-refractivity contribution < 1.29 is 9.47 Å². The lowest BCUT2D eigenvalue weighted by molar-refractivity contribution is 0.306. The fourth-order valence-electron chi connectivity index (χ4n) is 3.87. The molecule has 7 heteroatoms. The lowest BCUT2D eigenvalue weighted by Gasteiger charge is -2.08. The first kappa shape index (κ1) is 21.8. The quantitative estimate of drug-likeness (QED) is 0.287. The van der Waals surface area contributed by atoms with Crippen molar-refractivity contribution in [2.24, 2.45) is 0 Å². The summed E-state index contributed by atoms with van der Waals surface area (Å²) in [7, 11) is 0. The van der Waals surface area contributed by atoms with E-state index in [1.165, 1.54) is 6.33 Å². The van der Waals surface area contributed by atoms with Crippen LogP contribution in [0.3, 0.4) is 0 Å². The zero-order valence-corrected chi connectivity index (χ0v) is 19.2. The van der Waals surface area contributed by atoms with Gasteiger partial charge in [0, 0.05) is 17.8 Å². The second-order valence-corrected chi connectivity index (χ2v) is 8.09. The lowest BCUT2D eigenvalue weighted by atomic mass is 10.1. The van der Waals surface area contributed by atoms with Crippen molar-refractivity contribution in [3.63, 3.8) is 0 Å². The van der Waals surface area contributed by atoms with E-state index in [4.69, 9.17) is 26.8 Å². The Bertz CT molecular complexity index is 1420. The van der Waals surface area contributed by atoms with Crippen molar-refractivity contribution in [1.82, 2.24) is 14.5 Å². The van der Waals surface area contributed by atoms with Crippen LogP contribution in [0, 0.1) is 0 Å². The summed E-state index contributed by atoms with van der Waals surface area (Å²) in [6.45, 7) is 0.931. The van der Waals surface area contributed by atoms with Crippen molar-refractivity contribution in [2.45, 2.75) is 6.61 Å². The number of anilines is 1. The van der Waals surface area contributed by atoms with Gasteiger partial charge in [-0.2, -0.15) is 0 Å². The molecule has 2 heterocycles. The first-order chi connectivity index (χ1) is 16.7. The number of nitrogens with two attached hydrogens (primary N) is 1. The molecular weight excluding hydrogens is 448 g/mol. The highest BCUT2D eigenvalue weighted by atomic mass is 35.5. The Hall–Kier alpha value is -4.03. The number of aromatic nitrogens is 3. The molecule has 0 fully saturated rings. The average molecular weight is 471 g/mol. The van der Waals surface area contributed by atoms with Crippen LogP contribution < -0.4 is 15.2 Å². The fourth-order valence-corrected chi connectivity index (χ4v) is 3.95. The predicted molar refractivity (Wildman–Crippen MR) is 136 cm³/mol. The number of nitrogen functional groups attached to an aromatic ring is 1. The van der Waals surface area contributed by atoms with E-state index in [2.05, 4.69) is 9.97 Å². The number of ether oxygens (including phenoxy) is 2. The topological polar surface area (TPSA) is 75.2 Å². The van der Waals surface area contributed by atoms with E-state index in [1.54, 1.807) is 0 Å². The van der Waals surface area contributed by atoms with E-state index >= 15 is 0 Å². The molecule has 0 aliphatic carbocycles. The molecule has 3 aromatic carbocycles. The van der Waals surface area contributed by atoms with Gasteiger partial charge in [0.1, 0.15) is 36.9 Å². The molecule has 0 aliphatic rings.